The number of piperidine rings is 1. The fourth-order valence-corrected chi connectivity index (χ4v) is 5.37. The van der Waals surface area contributed by atoms with E-state index in [0.717, 1.165) is 32.1 Å². The van der Waals surface area contributed by atoms with Crippen molar-refractivity contribution in [2.24, 2.45) is 11.8 Å². The van der Waals surface area contributed by atoms with E-state index in [9.17, 15) is 18.8 Å². The van der Waals surface area contributed by atoms with Gasteiger partial charge in [0.2, 0.25) is 0 Å². The maximum absolute atomic E-state index is 13.3. The Kier molecular flexibility index (Phi) is 6.01. The fourth-order valence-electron chi connectivity index (χ4n) is 5.37. The Morgan fingerprint density at radius 3 is 2.32 bits per heavy atom. The topological polar surface area (TPSA) is 81.8 Å². The van der Waals surface area contributed by atoms with Crippen LogP contribution in [0.25, 0.3) is 0 Å². The van der Waals surface area contributed by atoms with Crippen molar-refractivity contribution < 1.29 is 18.8 Å². The van der Waals surface area contributed by atoms with Crippen LogP contribution in [0.3, 0.4) is 0 Å². The van der Waals surface area contributed by atoms with Crippen molar-refractivity contribution in [3.8, 4) is 0 Å². The number of carbonyl (C=O) groups is 3. The van der Waals surface area contributed by atoms with Gasteiger partial charge in [-0.25, -0.2) is 14.1 Å². The van der Waals surface area contributed by atoms with Crippen molar-refractivity contribution >= 4 is 17.8 Å². The molecule has 2 saturated heterocycles. The van der Waals surface area contributed by atoms with Crippen molar-refractivity contribution in [1.82, 2.24) is 20.4 Å². The number of benzene rings is 1. The number of hydrogen-bond donors (Lipinski definition) is 2. The van der Waals surface area contributed by atoms with E-state index in [1.165, 1.54) is 29.2 Å². The number of carbonyl (C=O) groups excluding carboxylic acids is 3. The number of imide groups is 1. The summed E-state index contributed by atoms with van der Waals surface area (Å²) in [5.41, 5.74) is -0.333. The Balaban J connectivity index is 1.32. The zero-order valence-electron chi connectivity index (χ0n) is 18.2. The third-order valence-electron chi connectivity index (χ3n) is 7.36. The van der Waals surface area contributed by atoms with Gasteiger partial charge in [0.05, 0.1) is 6.67 Å². The number of nitrogens with one attached hydrogen (secondary N) is 2. The first kappa shape index (κ1) is 21.7. The molecule has 31 heavy (non-hydrogen) atoms. The number of rotatable bonds is 4. The lowest BCUT2D eigenvalue weighted by molar-refractivity contribution is -0.138. The lowest BCUT2D eigenvalue weighted by Gasteiger charge is -2.42. The van der Waals surface area contributed by atoms with Crippen LogP contribution in [0.5, 0.6) is 0 Å². The second kappa shape index (κ2) is 8.57. The summed E-state index contributed by atoms with van der Waals surface area (Å²) in [4.78, 5) is 41.8. The normalized spacial score (nSPS) is 26.9. The molecule has 3 aliphatic rings. The molecule has 4 rings (SSSR count). The molecule has 4 amide bonds. The molecule has 2 heterocycles. The fraction of sp³-hybridized carbons (Fsp3) is 0.609. The van der Waals surface area contributed by atoms with Crippen molar-refractivity contribution in [2.45, 2.75) is 57.5 Å². The molecule has 2 atom stereocenters. The molecule has 0 bridgehead atoms. The van der Waals surface area contributed by atoms with E-state index in [-0.39, 0.29) is 48.2 Å². The van der Waals surface area contributed by atoms with Crippen LogP contribution in [0.15, 0.2) is 24.3 Å². The number of nitrogens with zero attached hydrogens (tertiary/aromatic N) is 2. The molecule has 1 aromatic carbocycles. The summed E-state index contributed by atoms with van der Waals surface area (Å²) in [6.45, 7) is 5.77. The van der Waals surface area contributed by atoms with E-state index in [1.807, 2.05) is 0 Å². The van der Waals surface area contributed by atoms with Gasteiger partial charge in [0.1, 0.15) is 11.4 Å². The van der Waals surface area contributed by atoms with Crippen molar-refractivity contribution in [3.63, 3.8) is 0 Å². The average molecular weight is 431 g/mol. The molecule has 2 aliphatic heterocycles. The molecule has 3 fully saturated rings. The summed E-state index contributed by atoms with van der Waals surface area (Å²) in [7, 11) is 0. The lowest BCUT2D eigenvalue weighted by Crippen LogP contribution is -2.59. The molecule has 1 spiro atoms. The maximum Gasteiger partial charge on any atom is 0.326 e. The van der Waals surface area contributed by atoms with Crippen molar-refractivity contribution in [3.05, 3.63) is 35.6 Å². The van der Waals surface area contributed by atoms with Crippen LogP contribution in [0.1, 0.15) is 56.3 Å². The van der Waals surface area contributed by atoms with E-state index in [4.69, 9.17) is 0 Å². The second-order valence-electron chi connectivity index (χ2n) is 9.28. The lowest BCUT2D eigenvalue weighted by atomic mass is 9.67. The van der Waals surface area contributed by atoms with Gasteiger partial charge in [0, 0.05) is 24.7 Å². The van der Waals surface area contributed by atoms with Gasteiger partial charge in [-0.15, -0.1) is 0 Å². The first-order valence-corrected chi connectivity index (χ1v) is 11.2. The predicted octanol–water partition coefficient (Wildman–Crippen LogP) is 2.72. The highest BCUT2D eigenvalue weighted by Crippen LogP contribution is 2.42. The standard InChI is InChI=1S/C23H31FN4O3/c1-15-4-3-5-16(2)23(15)21(30)28(22(31)26-23)14-27-12-10-19(11-13-27)25-20(29)17-6-8-18(24)9-7-17/h6-9,15-16,19H,3-5,10-14H2,1-2H3,(H,25,29)(H,26,31)/t15-,16-/m0/s1. The third kappa shape index (κ3) is 4.05. The molecular formula is C23H31FN4O3. The number of likely N-dealkylation sites (tertiary alicyclic amines) is 1. The Labute approximate surface area is 182 Å². The smallest absolute Gasteiger partial charge is 0.326 e. The largest absolute Gasteiger partial charge is 0.349 e. The highest BCUT2D eigenvalue weighted by Gasteiger charge is 2.58. The van der Waals surface area contributed by atoms with Gasteiger partial charge in [-0.05, 0) is 61.8 Å². The van der Waals surface area contributed by atoms with Crippen LogP contribution in [-0.2, 0) is 4.79 Å². The summed E-state index contributed by atoms with van der Waals surface area (Å²) in [5.74, 6) is -0.418. The molecule has 0 unspecified atom stereocenters. The van der Waals surface area contributed by atoms with E-state index >= 15 is 0 Å². The van der Waals surface area contributed by atoms with E-state index in [2.05, 4.69) is 29.4 Å². The molecular weight excluding hydrogens is 399 g/mol. The van der Waals surface area contributed by atoms with Gasteiger partial charge >= 0.3 is 6.03 Å². The van der Waals surface area contributed by atoms with E-state index in [0.29, 0.717) is 18.7 Å². The summed E-state index contributed by atoms with van der Waals surface area (Å²) in [5, 5.41) is 6.04. The Bertz CT molecular complexity index is 841. The minimum Gasteiger partial charge on any atom is -0.349 e. The molecule has 1 saturated carbocycles. The summed E-state index contributed by atoms with van der Waals surface area (Å²) in [6, 6.07) is 5.22. The molecule has 7 nitrogen and oxygen atoms in total. The molecule has 1 aliphatic carbocycles. The molecule has 1 aromatic rings. The molecule has 8 heteroatoms. The van der Waals surface area contributed by atoms with Crippen LogP contribution in [-0.4, -0.2) is 59.0 Å². The van der Waals surface area contributed by atoms with Gasteiger partial charge in [0.15, 0.2) is 0 Å². The number of urea groups is 1. The third-order valence-corrected chi connectivity index (χ3v) is 7.36. The average Bonchev–Trinajstić information content (AvgIpc) is 2.99. The predicted molar refractivity (Wildman–Crippen MR) is 114 cm³/mol. The minimum atomic E-state index is -0.767. The van der Waals surface area contributed by atoms with Gasteiger partial charge < -0.3 is 10.6 Å². The molecule has 0 radical (unpaired) electrons. The summed E-state index contributed by atoms with van der Waals surface area (Å²) >= 11 is 0. The Hall–Kier alpha value is -2.48. The molecule has 168 valence electrons. The number of hydrogen-bond acceptors (Lipinski definition) is 4. The van der Waals surface area contributed by atoms with Crippen LogP contribution in [0, 0.1) is 17.7 Å². The Morgan fingerprint density at radius 2 is 1.71 bits per heavy atom. The van der Waals surface area contributed by atoms with Gasteiger partial charge in [-0.3, -0.25) is 14.5 Å². The van der Waals surface area contributed by atoms with Gasteiger partial charge in [-0.2, -0.15) is 0 Å². The van der Waals surface area contributed by atoms with Crippen LogP contribution < -0.4 is 10.6 Å². The Morgan fingerprint density at radius 1 is 1.10 bits per heavy atom. The van der Waals surface area contributed by atoms with E-state index in [1.54, 1.807) is 0 Å². The maximum atomic E-state index is 13.3. The first-order chi connectivity index (χ1) is 14.8. The minimum absolute atomic E-state index is 0.0154. The van der Waals surface area contributed by atoms with Gasteiger partial charge in [-0.1, -0.05) is 20.3 Å². The van der Waals surface area contributed by atoms with Crippen LogP contribution in [0.2, 0.25) is 0 Å². The monoisotopic (exact) mass is 430 g/mol. The van der Waals surface area contributed by atoms with Crippen molar-refractivity contribution in [1.29, 1.82) is 0 Å². The zero-order valence-corrected chi connectivity index (χ0v) is 18.2. The molecule has 2 N–H and O–H groups in total. The zero-order chi connectivity index (χ0) is 22.2. The SMILES string of the molecule is C[C@H]1CCC[C@H](C)C12NC(=O)N(CN1CCC(NC(=O)c3ccc(F)cc3)CC1)C2=O. The van der Waals surface area contributed by atoms with Crippen molar-refractivity contribution in [2.75, 3.05) is 19.8 Å². The van der Waals surface area contributed by atoms with Crippen LogP contribution in [0.4, 0.5) is 9.18 Å². The van der Waals surface area contributed by atoms with Crippen LogP contribution >= 0.6 is 0 Å². The van der Waals surface area contributed by atoms with E-state index < -0.39 is 5.54 Å². The second-order valence-corrected chi connectivity index (χ2v) is 9.28. The highest BCUT2D eigenvalue weighted by molar-refractivity contribution is 6.07. The quantitative estimate of drug-likeness (QED) is 0.720. The highest BCUT2D eigenvalue weighted by atomic mass is 19.1. The summed E-state index contributed by atoms with van der Waals surface area (Å²) in [6.07, 6.45) is 4.44. The number of halogens is 1. The number of amides is 4. The van der Waals surface area contributed by atoms with Gasteiger partial charge in [0.25, 0.3) is 11.8 Å². The summed E-state index contributed by atoms with van der Waals surface area (Å²) < 4.78 is 13.0. The first-order valence-electron chi connectivity index (χ1n) is 11.2. The molecule has 0 aromatic heterocycles.